The molecule has 140 valence electrons. The summed E-state index contributed by atoms with van der Waals surface area (Å²) in [6, 6.07) is 6.87. The molecule has 0 aromatic heterocycles. The Balaban J connectivity index is 1.53. The first-order chi connectivity index (χ1) is 12.3. The maximum Gasteiger partial charge on any atom is 0.320 e. The van der Waals surface area contributed by atoms with E-state index in [9.17, 15) is 22.8 Å². The lowest BCUT2D eigenvalue weighted by Crippen LogP contribution is -2.45. The molecule has 1 aromatic carbocycles. The monoisotopic (exact) mass is 381 g/mol. The van der Waals surface area contributed by atoms with E-state index in [0.717, 1.165) is 0 Å². The Bertz CT molecular complexity index is 824. The molecule has 10 heteroatoms. The number of hydrogen-bond acceptors (Lipinski definition) is 7. The van der Waals surface area contributed by atoms with E-state index in [4.69, 9.17) is 4.74 Å². The van der Waals surface area contributed by atoms with Crippen LogP contribution in [0.2, 0.25) is 0 Å². The van der Waals surface area contributed by atoms with Crippen LogP contribution < -0.4 is 10.2 Å². The molecule has 2 amide bonds. The number of sulfone groups is 1. The molecule has 0 spiro atoms. The molecule has 1 N–H and O–H groups in total. The second-order valence-corrected chi connectivity index (χ2v) is 8.44. The first-order valence-electron chi connectivity index (χ1n) is 8.12. The number of hydrogen-bond donors (Lipinski definition) is 1. The Hall–Kier alpha value is -2.46. The molecular weight excluding hydrogens is 362 g/mol. The smallest absolute Gasteiger partial charge is 0.320 e. The average Bonchev–Trinajstić information content (AvgIpc) is 2.60. The first kappa shape index (κ1) is 18.3. The van der Waals surface area contributed by atoms with Crippen molar-refractivity contribution in [1.29, 1.82) is 0 Å². The van der Waals surface area contributed by atoms with E-state index in [-0.39, 0.29) is 43.6 Å². The Kier molecular flexibility index (Phi) is 5.23. The summed E-state index contributed by atoms with van der Waals surface area (Å²) in [5, 5.41) is 2.67. The standard InChI is InChI=1S/C16H19N3O6S/c20-14-9-19(13-4-2-1-3-12(13)17-14)15(21)11-25-16(22)10-18-5-7-26(23,24)8-6-18/h1-4H,5-11H2,(H,17,20). The number of nitrogens with one attached hydrogen (secondary N) is 1. The van der Waals surface area contributed by atoms with Gasteiger partial charge in [-0.05, 0) is 12.1 Å². The molecule has 9 nitrogen and oxygen atoms in total. The van der Waals surface area contributed by atoms with Crippen molar-refractivity contribution >= 4 is 39.0 Å². The molecule has 1 aromatic rings. The van der Waals surface area contributed by atoms with Crippen molar-refractivity contribution in [3.63, 3.8) is 0 Å². The summed E-state index contributed by atoms with van der Waals surface area (Å²) in [6.45, 7) is -0.153. The van der Waals surface area contributed by atoms with Crippen molar-refractivity contribution in [1.82, 2.24) is 4.90 Å². The lowest BCUT2D eigenvalue weighted by molar-refractivity contribution is -0.148. The second kappa shape index (κ2) is 7.42. The van der Waals surface area contributed by atoms with E-state index in [2.05, 4.69) is 5.32 Å². The van der Waals surface area contributed by atoms with Gasteiger partial charge >= 0.3 is 5.97 Å². The summed E-state index contributed by atoms with van der Waals surface area (Å²) in [5.41, 5.74) is 1.08. The highest BCUT2D eigenvalue weighted by Crippen LogP contribution is 2.28. The van der Waals surface area contributed by atoms with E-state index in [0.29, 0.717) is 11.4 Å². The third-order valence-electron chi connectivity index (χ3n) is 4.22. The number of benzene rings is 1. The van der Waals surface area contributed by atoms with Crippen LogP contribution in [0.1, 0.15) is 0 Å². The van der Waals surface area contributed by atoms with Crippen LogP contribution in [0.3, 0.4) is 0 Å². The number of anilines is 2. The number of para-hydroxylation sites is 2. The van der Waals surface area contributed by atoms with Gasteiger partial charge in [-0.25, -0.2) is 8.42 Å². The fourth-order valence-corrected chi connectivity index (χ4v) is 4.09. The van der Waals surface area contributed by atoms with E-state index in [1.54, 1.807) is 29.2 Å². The van der Waals surface area contributed by atoms with Crippen molar-refractivity contribution in [2.24, 2.45) is 0 Å². The van der Waals surface area contributed by atoms with Crippen LogP contribution in [0, 0.1) is 0 Å². The third-order valence-corrected chi connectivity index (χ3v) is 5.83. The summed E-state index contributed by atoms with van der Waals surface area (Å²) in [4.78, 5) is 38.9. The van der Waals surface area contributed by atoms with Gasteiger partial charge in [-0.2, -0.15) is 0 Å². The van der Waals surface area contributed by atoms with E-state index in [1.165, 1.54) is 4.90 Å². The van der Waals surface area contributed by atoms with Gasteiger partial charge in [0.25, 0.3) is 5.91 Å². The summed E-state index contributed by atoms with van der Waals surface area (Å²) < 4.78 is 27.8. The van der Waals surface area contributed by atoms with Gasteiger partial charge in [-0.1, -0.05) is 12.1 Å². The van der Waals surface area contributed by atoms with E-state index >= 15 is 0 Å². The summed E-state index contributed by atoms with van der Waals surface area (Å²) in [6.07, 6.45) is 0. The summed E-state index contributed by atoms with van der Waals surface area (Å²) in [7, 11) is -3.02. The molecule has 3 rings (SSSR count). The highest BCUT2D eigenvalue weighted by Gasteiger charge is 2.28. The molecule has 0 radical (unpaired) electrons. The fourth-order valence-electron chi connectivity index (χ4n) is 2.81. The van der Waals surface area contributed by atoms with Gasteiger partial charge in [-0.3, -0.25) is 24.2 Å². The topological polar surface area (TPSA) is 113 Å². The Morgan fingerprint density at radius 3 is 2.58 bits per heavy atom. The molecule has 0 atom stereocenters. The number of ether oxygens (including phenoxy) is 1. The van der Waals surface area contributed by atoms with Gasteiger partial charge < -0.3 is 10.1 Å². The number of rotatable bonds is 4. The van der Waals surface area contributed by atoms with Crippen molar-refractivity contribution in [2.45, 2.75) is 0 Å². The predicted octanol–water partition coefficient (Wildman–Crippen LogP) is -0.755. The van der Waals surface area contributed by atoms with Gasteiger partial charge in [-0.15, -0.1) is 0 Å². The molecule has 1 saturated heterocycles. The Morgan fingerprint density at radius 2 is 1.85 bits per heavy atom. The number of amides is 2. The maximum absolute atomic E-state index is 12.4. The number of carbonyl (C=O) groups excluding carboxylic acids is 3. The van der Waals surface area contributed by atoms with E-state index in [1.807, 2.05) is 0 Å². The zero-order valence-corrected chi connectivity index (χ0v) is 14.8. The van der Waals surface area contributed by atoms with Crippen molar-refractivity contribution in [2.75, 3.05) is 54.5 Å². The zero-order valence-electron chi connectivity index (χ0n) is 14.0. The van der Waals surface area contributed by atoms with Crippen LogP contribution in [0.15, 0.2) is 24.3 Å². The molecule has 2 aliphatic rings. The van der Waals surface area contributed by atoms with Gasteiger partial charge in [0.1, 0.15) is 6.54 Å². The number of fused-ring (bicyclic) bond motifs is 1. The van der Waals surface area contributed by atoms with E-state index < -0.39 is 28.3 Å². The number of nitrogens with zero attached hydrogens (tertiary/aromatic N) is 2. The van der Waals surface area contributed by atoms with Crippen LogP contribution in [-0.4, -0.2) is 75.4 Å². The number of esters is 1. The SMILES string of the molecule is O=C1CN(C(=O)COC(=O)CN2CCS(=O)(=O)CC2)c2ccccc2N1. The summed E-state index contributed by atoms with van der Waals surface area (Å²) >= 11 is 0. The lowest BCUT2D eigenvalue weighted by Gasteiger charge is -2.29. The van der Waals surface area contributed by atoms with Crippen LogP contribution >= 0.6 is 0 Å². The molecular formula is C16H19N3O6S. The second-order valence-electron chi connectivity index (χ2n) is 6.13. The molecule has 0 aliphatic carbocycles. The fraction of sp³-hybridized carbons (Fsp3) is 0.438. The van der Waals surface area contributed by atoms with Crippen molar-refractivity contribution < 1.29 is 27.5 Å². The van der Waals surface area contributed by atoms with Gasteiger partial charge in [0.2, 0.25) is 5.91 Å². The average molecular weight is 381 g/mol. The minimum Gasteiger partial charge on any atom is -0.455 e. The summed E-state index contributed by atoms with van der Waals surface area (Å²) in [5.74, 6) is -1.40. The number of carbonyl (C=O) groups is 3. The van der Waals surface area contributed by atoms with Crippen LogP contribution in [0.5, 0.6) is 0 Å². The van der Waals surface area contributed by atoms with Gasteiger partial charge in [0.05, 0.1) is 29.4 Å². The molecule has 1 fully saturated rings. The molecule has 0 bridgehead atoms. The lowest BCUT2D eigenvalue weighted by atomic mass is 10.2. The van der Waals surface area contributed by atoms with Gasteiger partial charge in [0, 0.05) is 13.1 Å². The Labute approximate surface area is 150 Å². The zero-order chi connectivity index (χ0) is 18.7. The molecule has 26 heavy (non-hydrogen) atoms. The highest BCUT2D eigenvalue weighted by molar-refractivity contribution is 7.91. The molecule has 0 unspecified atom stereocenters. The largest absolute Gasteiger partial charge is 0.455 e. The molecule has 2 aliphatic heterocycles. The van der Waals surface area contributed by atoms with Crippen molar-refractivity contribution in [3.8, 4) is 0 Å². The minimum absolute atomic E-state index is 0.0128. The molecule has 0 saturated carbocycles. The quantitative estimate of drug-likeness (QED) is 0.683. The van der Waals surface area contributed by atoms with Gasteiger partial charge in [0.15, 0.2) is 16.4 Å². The normalized spacial score (nSPS) is 19.4. The highest BCUT2D eigenvalue weighted by atomic mass is 32.2. The molecule has 2 heterocycles. The van der Waals surface area contributed by atoms with Crippen molar-refractivity contribution in [3.05, 3.63) is 24.3 Å². The van der Waals surface area contributed by atoms with Crippen LogP contribution in [0.25, 0.3) is 0 Å². The van der Waals surface area contributed by atoms with Crippen LogP contribution in [-0.2, 0) is 29.0 Å². The predicted molar refractivity (Wildman–Crippen MR) is 93.5 cm³/mol. The first-order valence-corrected chi connectivity index (χ1v) is 9.94. The third kappa shape index (κ3) is 4.38. The van der Waals surface area contributed by atoms with Crippen LogP contribution in [0.4, 0.5) is 11.4 Å². The minimum atomic E-state index is -3.02. The Morgan fingerprint density at radius 1 is 1.15 bits per heavy atom. The maximum atomic E-state index is 12.4.